The van der Waals surface area contributed by atoms with Crippen LogP contribution in [0.5, 0.6) is 0 Å². The van der Waals surface area contributed by atoms with E-state index >= 15 is 0 Å². The van der Waals surface area contributed by atoms with E-state index in [1.165, 1.54) is 0 Å². The number of carboxylic acid groups (broad SMARTS) is 2. The maximum atomic E-state index is 12.4. The Labute approximate surface area is 188 Å². The highest BCUT2D eigenvalue weighted by Gasteiger charge is 2.37. The molecular formula is C20H29N3O10. The molecule has 0 saturated heterocycles. The fourth-order valence-electron chi connectivity index (χ4n) is 2.89. The summed E-state index contributed by atoms with van der Waals surface area (Å²) in [6, 6.07) is 4.13. The lowest BCUT2D eigenvalue weighted by Crippen LogP contribution is -2.58. The first-order chi connectivity index (χ1) is 15.5. The van der Waals surface area contributed by atoms with Gasteiger partial charge in [-0.15, -0.1) is 0 Å². The normalized spacial score (nSPS) is 16.5. The Bertz CT molecular complexity index is 807. The van der Waals surface area contributed by atoms with Crippen molar-refractivity contribution in [2.24, 2.45) is 5.73 Å². The Hall–Kier alpha value is -3.10. The molecular weight excluding hydrogens is 442 g/mol. The Balaban J connectivity index is 2.81. The van der Waals surface area contributed by atoms with Crippen LogP contribution >= 0.6 is 0 Å². The van der Waals surface area contributed by atoms with E-state index in [2.05, 4.69) is 10.6 Å². The van der Waals surface area contributed by atoms with E-state index in [0.29, 0.717) is 5.56 Å². The lowest BCUT2D eigenvalue weighted by molar-refractivity contribution is -0.145. The number of nitrogens with one attached hydrogen (secondary N) is 2. The van der Waals surface area contributed by atoms with Crippen molar-refractivity contribution in [1.82, 2.24) is 10.6 Å². The Morgan fingerprint density at radius 2 is 1.48 bits per heavy atom. The molecule has 0 aromatic heterocycles. The van der Waals surface area contributed by atoms with E-state index in [9.17, 15) is 39.6 Å². The smallest absolute Gasteiger partial charge is 0.305 e. The van der Waals surface area contributed by atoms with Crippen LogP contribution in [0.2, 0.25) is 0 Å². The first-order valence-corrected chi connectivity index (χ1v) is 9.97. The van der Waals surface area contributed by atoms with Gasteiger partial charge in [0.15, 0.2) is 6.10 Å². The van der Waals surface area contributed by atoms with Crippen LogP contribution in [0, 0.1) is 0 Å². The summed E-state index contributed by atoms with van der Waals surface area (Å²) in [5.74, 6) is -4.54. The zero-order valence-electron chi connectivity index (χ0n) is 17.6. The van der Waals surface area contributed by atoms with Crippen molar-refractivity contribution in [3.63, 3.8) is 0 Å². The third-order valence-corrected chi connectivity index (χ3v) is 4.78. The van der Waals surface area contributed by atoms with Crippen LogP contribution in [0.1, 0.15) is 30.9 Å². The van der Waals surface area contributed by atoms with Crippen molar-refractivity contribution in [3.8, 4) is 0 Å². The minimum Gasteiger partial charge on any atom is -0.481 e. The SMILES string of the molecule is NC(CCC(=O)O)C(=O)NC(CO)C(O)C(O)C(O)C(=O)NC(CC(=O)O)c1ccccc1. The van der Waals surface area contributed by atoms with E-state index in [-0.39, 0.29) is 6.42 Å². The maximum absolute atomic E-state index is 12.4. The van der Waals surface area contributed by atoms with Gasteiger partial charge in [-0.05, 0) is 12.0 Å². The summed E-state index contributed by atoms with van der Waals surface area (Å²) < 4.78 is 0. The molecule has 33 heavy (non-hydrogen) atoms. The highest BCUT2D eigenvalue weighted by atomic mass is 16.4. The number of carbonyl (C=O) groups excluding carboxylic acids is 2. The fraction of sp³-hybridized carbons (Fsp3) is 0.500. The van der Waals surface area contributed by atoms with Crippen molar-refractivity contribution in [2.45, 2.75) is 55.7 Å². The van der Waals surface area contributed by atoms with Gasteiger partial charge in [0, 0.05) is 6.42 Å². The van der Waals surface area contributed by atoms with Gasteiger partial charge < -0.3 is 47.0 Å². The summed E-state index contributed by atoms with van der Waals surface area (Å²) >= 11 is 0. The van der Waals surface area contributed by atoms with E-state index in [1.54, 1.807) is 30.3 Å². The lowest BCUT2D eigenvalue weighted by Gasteiger charge is -2.30. The van der Waals surface area contributed by atoms with Crippen molar-refractivity contribution in [3.05, 3.63) is 35.9 Å². The third kappa shape index (κ3) is 9.11. The molecule has 0 aliphatic rings. The molecule has 2 amide bonds. The van der Waals surface area contributed by atoms with Gasteiger partial charge in [0.05, 0.1) is 31.2 Å². The molecule has 13 nitrogen and oxygen atoms in total. The van der Waals surface area contributed by atoms with Gasteiger partial charge in [0.2, 0.25) is 5.91 Å². The summed E-state index contributed by atoms with van der Waals surface area (Å²) in [6.07, 6.45) is -7.61. The summed E-state index contributed by atoms with van der Waals surface area (Å²) in [5.41, 5.74) is 5.96. The lowest BCUT2D eigenvalue weighted by atomic mass is 9.98. The van der Waals surface area contributed by atoms with Gasteiger partial charge in [-0.1, -0.05) is 30.3 Å². The second kappa shape index (κ2) is 13.4. The number of benzene rings is 1. The summed E-state index contributed by atoms with van der Waals surface area (Å²) in [4.78, 5) is 46.1. The largest absolute Gasteiger partial charge is 0.481 e. The topological polar surface area (TPSA) is 240 Å². The van der Waals surface area contributed by atoms with Gasteiger partial charge in [-0.2, -0.15) is 0 Å². The van der Waals surface area contributed by atoms with E-state index in [0.717, 1.165) is 0 Å². The second-order valence-corrected chi connectivity index (χ2v) is 7.33. The molecule has 0 heterocycles. The molecule has 13 heteroatoms. The molecule has 1 aromatic carbocycles. The predicted octanol–water partition coefficient (Wildman–Crippen LogP) is -2.93. The van der Waals surface area contributed by atoms with E-state index < -0.39 is 79.6 Å². The number of nitrogens with two attached hydrogens (primary N) is 1. The summed E-state index contributed by atoms with van der Waals surface area (Å²) in [5, 5.41) is 62.2. The Morgan fingerprint density at radius 1 is 0.879 bits per heavy atom. The summed E-state index contributed by atoms with van der Waals surface area (Å²) in [7, 11) is 0. The van der Waals surface area contributed by atoms with Crippen LogP contribution < -0.4 is 16.4 Å². The van der Waals surface area contributed by atoms with Crippen LogP contribution in [0.3, 0.4) is 0 Å². The highest BCUT2D eigenvalue weighted by molar-refractivity contribution is 5.83. The number of amides is 2. The van der Waals surface area contributed by atoms with Crippen LogP contribution in [0.25, 0.3) is 0 Å². The monoisotopic (exact) mass is 471 g/mol. The average molecular weight is 471 g/mol. The molecule has 1 aromatic rings. The second-order valence-electron chi connectivity index (χ2n) is 7.33. The molecule has 0 aliphatic carbocycles. The average Bonchev–Trinajstić information content (AvgIpc) is 2.78. The first kappa shape index (κ1) is 27.9. The molecule has 0 saturated carbocycles. The zero-order chi connectivity index (χ0) is 25.1. The number of hydrogen-bond donors (Lipinski definition) is 9. The molecule has 0 radical (unpaired) electrons. The minimum atomic E-state index is -2.24. The van der Waals surface area contributed by atoms with Crippen molar-refractivity contribution >= 4 is 23.8 Å². The zero-order valence-corrected chi connectivity index (χ0v) is 17.6. The minimum absolute atomic E-state index is 0.229. The van der Waals surface area contributed by atoms with Crippen LogP contribution in [0.15, 0.2) is 30.3 Å². The van der Waals surface area contributed by atoms with Crippen LogP contribution in [-0.4, -0.2) is 91.4 Å². The molecule has 184 valence electrons. The highest BCUT2D eigenvalue weighted by Crippen LogP contribution is 2.17. The maximum Gasteiger partial charge on any atom is 0.305 e. The molecule has 10 N–H and O–H groups in total. The van der Waals surface area contributed by atoms with Gasteiger partial charge in [0.1, 0.15) is 12.2 Å². The van der Waals surface area contributed by atoms with Crippen molar-refractivity contribution in [2.75, 3.05) is 6.61 Å². The predicted molar refractivity (Wildman–Crippen MR) is 111 cm³/mol. The van der Waals surface area contributed by atoms with Gasteiger partial charge in [-0.3, -0.25) is 19.2 Å². The Morgan fingerprint density at radius 3 is 2.00 bits per heavy atom. The van der Waals surface area contributed by atoms with Gasteiger partial charge >= 0.3 is 11.9 Å². The van der Waals surface area contributed by atoms with Crippen molar-refractivity contribution < 1.29 is 49.8 Å². The fourth-order valence-corrected chi connectivity index (χ4v) is 2.89. The van der Waals surface area contributed by atoms with E-state index in [1.807, 2.05) is 0 Å². The van der Waals surface area contributed by atoms with Crippen molar-refractivity contribution in [1.29, 1.82) is 0 Å². The Kier molecular flexibility index (Phi) is 11.4. The number of rotatable bonds is 14. The molecule has 6 unspecified atom stereocenters. The summed E-state index contributed by atoms with van der Waals surface area (Å²) in [6.45, 7) is -0.907. The third-order valence-electron chi connectivity index (χ3n) is 4.78. The van der Waals surface area contributed by atoms with E-state index in [4.69, 9.17) is 15.9 Å². The number of carboxylic acids is 2. The molecule has 1 rings (SSSR count). The van der Waals surface area contributed by atoms with Gasteiger partial charge in [0.25, 0.3) is 5.91 Å². The number of hydrogen-bond acceptors (Lipinski definition) is 9. The quantitative estimate of drug-likeness (QED) is 0.133. The molecule has 0 fully saturated rings. The van der Waals surface area contributed by atoms with Crippen LogP contribution in [-0.2, 0) is 19.2 Å². The van der Waals surface area contributed by atoms with Crippen LogP contribution in [0.4, 0.5) is 0 Å². The molecule has 6 atom stereocenters. The molecule has 0 aliphatic heterocycles. The molecule has 0 spiro atoms. The standard InChI is InChI=1S/C20H29N3O10/c21-11(6-7-14(25)26)19(32)23-13(9-24)16(29)17(30)18(31)20(33)22-12(8-15(27)28)10-4-2-1-3-5-10/h1-5,11-13,16-18,24,29-31H,6-9,21H2,(H,22,33)(H,23,32)(H,25,26)(H,27,28). The number of aliphatic hydroxyl groups is 4. The number of aliphatic carboxylic acids is 2. The number of aliphatic hydroxyl groups excluding tert-OH is 4. The molecule has 0 bridgehead atoms. The van der Waals surface area contributed by atoms with Gasteiger partial charge in [-0.25, -0.2) is 0 Å². The number of carbonyl (C=O) groups is 4. The first-order valence-electron chi connectivity index (χ1n) is 9.97.